The molecule has 0 radical (unpaired) electrons. The van der Waals surface area contributed by atoms with E-state index in [1.54, 1.807) is 36.4 Å². The molecule has 2 aromatic rings. The highest BCUT2D eigenvalue weighted by molar-refractivity contribution is 5.94. The molecule has 2 aromatic carbocycles. The third kappa shape index (κ3) is 3.44. The number of carbonyl (C=O) groups excluding carboxylic acids is 1. The highest BCUT2D eigenvalue weighted by atomic mass is 19.4. The number of alkyl halides is 3. The topological polar surface area (TPSA) is 50.1 Å². The number of esters is 1. The molecule has 0 aliphatic carbocycles. The van der Waals surface area contributed by atoms with Crippen molar-refractivity contribution in [1.82, 2.24) is 0 Å². The quantitative estimate of drug-likeness (QED) is 0.807. The molecule has 0 atom stereocenters. The number of benzene rings is 2. The molecule has 0 fully saturated rings. The molecule has 3 nitrogen and oxygen atoms in total. The Labute approximate surface area is 124 Å². The van der Waals surface area contributed by atoms with E-state index in [-0.39, 0.29) is 12.2 Å². The maximum atomic E-state index is 13.0. The maximum Gasteiger partial charge on any atom is 0.417 e. The summed E-state index contributed by atoms with van der Waals surface area (Å²) in [6.07, 6.45) is -4.74. The fourth-order valence-corrected chi connectivity index (χ4v) is 1.90. The Morgan fingerprint density at radius 2 is 1.77 bits per heavy atom. The SMILES string of the molecule is N#Cc1cccc(C(F)(F)F)c1C(=O)OCc1ccccc1. The summed E-state index contributed by atoms with van der Waals surface area (Å²) in [6, 6.07) is 13.1. The van der Waals surface area contributed by atoms with Gasteiger partial charge in [0.1, 0.15) is 12.7 Å². The van der Waals surface area contributed by atoms with Crippen LogP contribution in [0, 0.1) is 11.3 Å². The summed E-state index contributed by atoms with van der Waals surface area (Å²) in [5, 5.41) is 8.92. The zero-order valence-corrected chi connectivity index (χ0v) is 11.2. The highest BCUT2D eigenvalue weighted by Crippen LogP contribution is 2.33. The number of nitrogens with zero attached hydrogens (tertiary/aromatic N) is 1. The van der Waals surface area contributed by atoms with Gasteiger partial charge in [0, 0.05) is 0 Å². The van der Waals surface area contributed by atoms with E-state index in [4.69, 9.17) is 10.00 Å². The van der Waals surface area contributed by atoms with Crippen LogP contribution in [0.1, 0.15) is 27.0 Å². The molecule has 0 amide bonds. The number of nitriles is 1. The number of hydrogen-bond acceptors (Lipinski definition) is 3. The van der Waals surface area contributed by atoms with Gasteiger partial charge in [0.25, 0.3) is 0 Å². The molecular formula is C16H10F3NO2. The first kappa shape index (κ1) is 15.6. The zero-order chi connectivity index (χ0) is 16.2. The number of hydrogen-bond donors (Lipinski definition) is 0. The van der Waals surface area contributed by atoms with Gasteiger partial charge in [-0.05, 0) is 17.7 Å². The molecule has 0 bridgehead atoms. The van der Waals surface area contributed by atoms with Crippen molar-refractivity contribution in [1.29, 1.82) is 5.26 Å². The molecule has 0 unspecified atom stereocenters. The standard InChI is InChI=1S/C16H10F3NO2/c17-16(18,19)13-8-4-7-12(9-20)14(13)15(21)22-10-11-5-2-1-3-6-11/h1-8H,10H2. The first-order valence-electron chi connectivity index (χ1n) is 6.25. The van der Waals surface area contributed by atoms with Gasteiger partial charge < -0.3 is 4.74 Å². The van der Waals surface area contributed by atoms with E-state index in [2.05, 4.69) is 0 Å². The number of rotatable bonds is 3. The summed E-state index contributed by atoms with van der Waals surface area (Å²) < 4.78 is 43.8. The molecule has 6 heteroatoms. The van der Waals surface area contributed by atoms with E-state index in [1.807, 2.05) is 0 Å². The van der Waals surface area contributed by atoms with Gasteiger partial charge in [0.05, 0.1) is 16.7 Å². The van der Waals surface area contributed by atoms with E-state index in [9.17, 15) is 18.0 Å². The van der Waals surface area contributed by atoms with Crippen LogP contribution in [0.15, 0.2) is 48.5 Å². The normalized spacial score (nSPS) is 10.8. The monoisotopic (exact) mass is 305 g/mol. The largest absolute Gasteiger partial charge is 0.457 e. The minimum absolute atomic E-state index is 0.170. The lowest BCUT2D eigenvalue weighted by Crippen LogP contribution is -2.16. The fourth-order valence-electron chi connectivity index (χ4n) is 1.90. The van der Waals surface area contributed by atoms with Gasteiger partial charge in [-0.15, -0.1) is 0 Å². The summed E-state index contributed by atoms with van der Waals surface area (Å²) in [7, 11) is 0. The van der Waals surface area contributed by atoms with E-state index >= 15 is 0 Å². The van der Waals surface area contributed by atoms with Crippen molar-refractivity contribution in [2.45, 2.75) is 12.8 Å². The lowest BCUT2D eigenvalue weighted by atomic mass is 10.0. The minimum atomic E-state index is -4.74. The first-order chi connectivity index (χ1) is 10.4. The van der Waals surface area contributed by atoms with Crippen LogP contribution in [0.5, 0.6) is 0 Å². The van der Waals surface area contributed by atoms with Crippen molar-refractivity contribution < 1.29 is 22.7 Å². The Hall–Kier alpha value is -2.81. The minimum Gasteiger partial charge on any atom is -0.457 e. The molecule has 0 saturated carbocycles. The van der Waals surface area contributed by atoms with Gasteiger partial charge in [-0.3, -0.25) is 0 Å². The zero-order valence-electron chi connectivity index (χ0n) is 11.2. The van der Waals surface area contributed by atoms with Gasteiger partial charge in [0.15, 0.2) is 0 Å². The summed E-state index contributed by atoms with van der Waals surface area (Å²) in [4.78, 5) is 12.0. The average molecular weight is 305 g/mol. The molecular weight excluding hydrogens is 295 g/mol. The summed E-state index contributed by atoms with van der Waals surface area (Å²) >= 11 is 0. The lowest BCUT2D eigenvalue weighted by Gasteiger charge is -2.13. The molecule has 0 aliphatic rings. The molecule has 2 rings (SSSR count). The van der Waals surface area contributed by atoms with Gasteiger partial charge in [-0.25, -0.2) is 4.79 Å². The van der Waals surface area contributed by atoms with Crippen LogP contribution < -0.4 is 0 Å². The molecule has 0 aromatic heterocycles. The van der Waals surface area contributed by atoms with Gasteiger partial charge in [0.2, 0.25) is 0 Å². The second-order valence-corrected chi connectivity index (χ2v) is 4.40. The Morgan fingerprint density at radius 1 is 1.09 bits per heavy atom. The highest BCUT2D eigenvalue weighted by Gasteiger charge is 2.37. The van der Waals surface area contributed by atoms with Crippen LogP contribution in [0.3, 0.4) is 0 Å². The van der Waals surface area contributed by atoms with Crippen molar-refractivity contribution in [2.24, 2.45) is 0 Å². The number of ether oxygens (including phenoxy) is 1. The van der Waals surface area contributed by atoms with E-state index in [1.165, 1.54) is 0 Å². The van der Waals surface area contributed by atoms with Gasteiger partial charge in [-0.2, -0.15) is 18.4 Å². The molecule has 0 N–H and O–H groups in total. The average Bonchev–Trinajstić information content (AvgIpc) is 2.52. The fraction of sp³-hybridized carbons (Fsp3) is 0.125. The summed E-state index contributed by atoms with van der Waals surface area (Å²) in [6.45, 7) is -0.170. The molecule has 112 valence electrons. The van der Waals surface area contributed by atoms with Crippen molar-refractivity contribution >= 4 is 5.97 Å². The van der Waals surface area contributed by atoms with Crippen LogP contribution in [-0.4, -0.2) is 5.97 Å². The predicted molar refractivity (Wildman–Crippen MR) is 71.7 cm³/mol. The van der Waals surface area contributed by atoms with Gasteiger partial charge in [-0.1, -0.05) is 36.4 Å². The molecule has 0 heterocycles. The number of carbonyl (C=O) groups is 1. The molecule has 22 heavy (non-hydrogen) atoms. The summed E-state index contributed by atoms with van der Waals surface area (Å²) in [5.74, 6) is -1.17. The van der Waals surface area contributed by atoms with E-state index in [0.29, 0.717) is 5.56 Å². The molecule has 0 saturated heterocycles. The second-order valence-electron chi connectivity index (χ2n) is 4.40. The first-order valence-corrected chi connectivity index (χ1v) is 6.25. The molecule has 0 spiro atoms. The van der Waals surface area contributed by atoms with E-state index < -0.39 is 23.3 Å². The Kier molecular flexibility index (Phi) is 4.47. The predicted octanol–water partition coefficient (Wildman–Crippen LogP) is 3.93. The van der Waals surface area contributed by atoms with Crippen LogP contribution in [0.4, 0.5) is 13.2 Å². The van der Waals surface area contributed by atoms with Crippen LogP contribution in [0.25, 0.3) is 0 Å². The van der Waals surface area contributed by atoms with Crippen molar-refractivity contribution in [2.75, 3.05) is 0 Å². The Balaban J connectivity index is 2.31. The van der Waals surface area contributed by atoms with Crippen molar-refractivity contribution in [3.63, 3.8) is 0 Å². The second kappa shape index (κ2) is 6.31. The molecule has 0 aliphatic heterocycles. The van der Waals surface area contributed by atoms with Crippen LogP contribution in [-0.2, 0) is 17.5 Å². The van der Waals surface area contributed by atoms with Crippen molar-refractivity contribution in [3.8, 4) is 6.07 Å². The summed E-state index contributed by atoms with van der Waals surface area (Å²) in [5.41, 5.74) is -1.66. The lowest BCUT2D eigenvalue weighted by molar-refractivity contribution is -0.138. The van der Waals surface area contributed by atoms with Gasteiger partial charge >= 0.3 is 12.1 Å². The third-order valence-electron chi connectivity index (χ3n) is 2.91. The van der Waals surface area contributed by atoms with Crippen LogP contribution in [0.2, 0.25) is 0 Å². The Morgan fingerprint density at radius 3 is 2.36 bits per heavy atom. The van der Waals surface area contributed by atoms with Crippen molar-refractivity contribution in [3.05, 3.63) is 70.8 Å². The Bertz CT molecular complexity index is 718. The smallest absolute Gasteiger partial charge is 0.417 e. The van der Waals surface area contributed by atoms with Crippen LogP contribution >= 0.6 is 0 Å². The number of halogens is 3. The maximum absolute atomic E-state index is 13.0. The third-order valence-corrected chi connectivity index (χ3v) is 2.91. The van der Waals surface area contributed by atoms with E-state index in [0.717, 1.165) is 18.2 Å².